The molecule has 2 unspecified atom stereocenters. The van der Waals surface area contributed by atoms with Crippen LogP contribution in [0, 0.1) is 24.4 Å². The minimum atomic E-state index is -1.48. The highest BCUT2D eigenvalue weighted by atomic mass is 19.2. The third-order valence-electron chi connectivity index (χ3n) is 7.50. The van der Waals surface area contributed by atoms with E-state index in [2.05, 4.69) is 0 Å². The second kappa shape index (κ2) is 7.68. The Bertz CT molecular complexity index is 1310. The fourth-order valence-electron chi connectivity index (χ4n) is 5.75. The molecule has 176 valence electrons. The van der Waals surface area contributed by atoms with Gasteiger partial charge in [0.05, 0.1) is 28.7 Å². The van der Waals surface area contributed by atoms with Crippen LogP contribution in [0.5, 0.6) is 0 Å². The summed E-state index contributed by atoms with van der Waals surface area (Å²) in [6, 6.07) is 5.64. The molecule has 2 fully saturated rings. The van der Waals surface area contributed by atoms with Crippen molar-refractivity contribution >= 4 is 5.91 Å². The van der Waals surface area contributed by atoms with Gasteiger partial charge in [0, 0.05) is 35.8 Å². The number of hydrogen-bond acceptors (Lipinski definition) is 3. The fraction of sp³-hybridized carbons (Fsp3) is 0.423. The van der Waals surface area contributed by atoms with Crippen LogP contribution < -0.4 is 0 Å². The number of amides is 1. The maximum Gasteiger partial charge on any atom is 0.256 e. The molecule has 3 aromatic rings. The van der Waals surface area contributed by atoms with E-state index in [1.807, 2.05) is 24.0 Å². The second-order valence-electron chi connectivity index (χ2n) is 9.75. The van der Waals surface area contributed by atoms with Crippen LogP contribution in [0.25, 0.3) is 11.3 Å². The first kappa shape index (κ1) is 21.4. The Morgan fingerprint density at radius 1 is 1.06 bits per heavy atom. The first-order valence-corrected chi connectivity index (χ1v) is 11.8. The Morgan fingerprint density at radius 2 is 1.79 bits per heavy atom. The Morgan fingerprint density at radius 3 is 2.47 bits per heavy atom. The van der Waals surface area contributed by atoms with Gasteiger partial charge in [-0.3, -0.25) is 14.5 Å². The maximum absolute atomic E-state index is 14.0. The number of fused-ring (bicyclic) bond motifs is 4. The van der Waals surface area contributed by atoms with Crippen LogP contribution >= 0.6 is 0 Å². The van der Waals surface area contributed by atoms with Crippen LogP contribution in [0.3, 0.4) is 0 Å². The molecule has 1 saturated carbocycles. The third-order valence-corrected chi connectivity index (χ3v) is 7.50. The van der Waals surface area contributed by atoms with Gasteiger partial charge in [0.2, 0.25) is 0 Å². The molecule has 2 aliphatic heterocycles. The lowest BCUT2D eigenvalue weighted by molar-refractivity contribution is 0.0390. The lowest BCUT2D eigenvalue weighted by Gasteiger charge is -2.45. The topological polar surface area (TPSA) is 51.0 Å². The maximum atomic E-state index is 14.0. The highest BCUT2D eigenvalue weighted by molar-refractivity contribution is 5.96. The monoisotopic (exact) mass is 466 g/mol. The molecule has 1 saturated heterocycles. The molecule has 0 N–H and O–H groups in total. The molecule has 2 atom stereocenters. The van der Waals surface area contributed by atoms with Crippen LogP contribution in [-0.4, -0.2) is 31.6 Å². The standard InChI is InChI=1S/C26H25F3N4O/c1-13-17(8-9-21(30-13)14-6-7-14)26(34)33-16-4-3-5-22(33)24-18(12-16)25(32(2)31-24)15-10-19(27)23(29)20(28)11-15/h8-11,14,16,22H,3-7,12H2,1-2H3. The SMILES string of the molecule is Cc1nc(C2CC2)ccc1C(=O)N1C2CCCC1c1nn(C)c(-c3cc(F)c(F)c(F)c3)c1C2. The molecule has 1 aliphatic carbocycles. The van der Waals surface area contributed by atoms with E-state index in [9.17, 15) is 18.0 Å². The first-order valence-electron chi connectivity index (χ1n) is 11.8. The van der Waals surface area contributed by atoms with Crippen molar-refractivity contribution in [3.63, 3.8) is 0 Å². The van der Waals surface area contributed by atoms with E-state index in [0.29, 0.717) is 23.6 Å². The Hall–Kier alpha value is -3.16. The summed E-state index contributed by atoms with van der Waals surface area (Å²) in [5.41, 5.74) is 4.88. The van der Waals surface area contributed by atoms with Gasteiger partial charge in [-0.15, -0.1) is 0 Å². The first-order chi connectivity index (χ1) is 16.3. The van der Waals surface area contributed by atoms with Gasteiger partial charge < -0.3 is 4.90 Å². The van der Waals surface area contributed by atoms with Crippen LogP contribution in [0.15, 0.2) is 24.3 Å². The zero-order chi connectivity index (χ0) is 23.7. The minimum absolute atomic E-state index is 0.0423. The number of pyridine rings is 1. The summed E-state index contributed by atoms with van der Waals surface area (Å²) >= 11 is 0. The smallest absolute Gasteiger partial charge is 0.256 e. The van der Waals surface area contributed by atoms with Crippen molar-refractivity contribution in [1.29, 1.82) is 0 Å². The van der Waals surface area contributed by atoms with E-state index in [4.69, 9.17) is 10.1 Å². The summed E-state index contributed by atoms with van der Waals surface area (Å²) in [4.78, 5) is 20.4. The molecule has 6 rings (SSSR count). The van der Waals surface area contributed by atoms with E-state index in [0.717, 1.165) is 66.9 Å². The van der Waals surface area contributed by atoms with E-state index in [1.165, 1.54) is 0 Å². The summed E-state index contributed by atoms with van der Waals surface area (Å²) in [7, 11) is 1.72. The van der Waals surface area contributed by atoms with Gasteiger partial charge >= 0.3 is 0 Å². The van der Waals surface area contributed by atoms with Crippen molar-refractivity contribution in [2.75, 3.05) is 0 Å². The highest BCUT2D eigenvalue weighted by Gasteiger charge is 2.44. The molecule has 34 heavy (non-hydrogen) atoms. The van der Waals surface area contributed by atoms with Crippen LogP contribution in [0.4, 0.5) is 13.2 Å². The largest absolute Gasteiger partial charge is 0.327 e. The van der Waals surface area contributed by atoms with Crippen LogP contribution in [-0.2, 0) is 13.5 Å². The van der Waals surface area contributed by atoms with E-state index in [1.54, 1.807) is 11.7 Å². The highest BCUT2D eigenvalue weighted by Crippen LogP contribution is 2.45. The average Bonchev–Trinajstić information content (AvgIpc) is 3.60. The quantitative estimate of drug-likeness (QED) is 0.487. The fourth-order valence-corrected chi connectivity index (χ4v) is 5.75. The summed E-state index contributed by atoms with van der Waals surface area (Å²) in [6.45, 7) is 1.89. The average molecular weight is 467 g/mol. The number of carbonyl (C=O) groups excluding carboxylic acids is 1. The zero-order valence-electron chi connectivity index (χ0n) is 19.1. The molecule has 2 aromatic heterocycles. The predicted octanol–water partition coefficient (Wildman–Crippen LogP) is 5.38. The van der Waals surface area contributed by atoms with E-state index in [-0.39, 0.29) is 23.6 Å². The van der Waals surface area contributed by atoms with E-state index < -0.39 is 17.5 Å². The van der Waals surface area contributed by atoms with E-state index >= 15 is 0 Å². The number of aryl methyl sites for hydroxylation is 2. The zero-order valence-corrected chi connectivity index (χ0v) is 19.1. The van der Waals surface area contributed by atoms with Gasteiger partial charge in [-0.1, -0.05) is 0 Å². The van der Waals surface area contributed by atoms with Gasteiger partial charge in [-0.25, -0.2) is 13.2 Å². The summed E-state index contributed by atoms with van der Waals surface area (Å²) in [6.07, 6.45) is 5.43. The lowest BCUT2D eigenvalue weighted by atomic mass is 9.81. The second-order valence-corrected chi connectivity index (χ2v) is 9.75. The number of rotatable bonds is 3. The normalized spacial score (nSPS) is 21.5. The summed E-state index contributed by atoms with van der Waals surface area (Å²) in [5, 5.41) is 4.69. The van der Waals surface area contributed by atoms with Crippen molar-refractivity contribution in [1.82, 2.24) is 19.7 Å². The number of aromatic nitrogens is 3. The number of hydrogen-bond donors (Lipinski definition) is 0. The van der Waals surface area contributed by atoms with Gasteiger partial charge in [0.1, 0.15) is 0 Å². The summed E-state index contributed by atoms with van der Waals surface area (Å²) < 4.78 is 43.2. The van der Waals surface area contributed by atoms with Crippen molar-refractivity contribution in [3.8, 4) is 11.3 Å². The van der Waals surface area contributed by atoms with Crippen molar-refractivity contribution in [3.05, 3.63) is 69.9 Å². The molecule has 1 amide bonds. The number of benzene rings is 1. The molecule has 3 aliphatic rings. The Kier molecular flexibility index (Phi) is 4.83. The molecule has 1 aromatic carbocycles. The van der Waals surface area contributed by atoms with Crippen molar-refractivity contribution in [2.45, 2.75) is 63.5 Å². The molecule has 4 heterocycles. The minimum Gasteiger partial charge on any atom is -0.327 e. The van der Waals surface area contributed by atoms with Gasteiger partial charge in [0.15, 0.2) is 17.5 Å². The molecular weight excluding hydrogens is 441 g/mol. The van der Waals surface area contributed by atoms with Gasteiger partial charge in [0.25, 0.3) is 5.91 Å². The number of piperidine rings is 1. The molecule has 5 nitrogen and oxygen atoms in total. The lowest BCUT2D eigenvalue weighted by Crippen LogP contribution is -2.50. The molecule has 0 radical (unpaired) electrons. The molecule has 0 spiro atoms. The Labute approximate surface area is 195 Å². The number of nitrogens with zero attached hydrogens (tertiary/aromatic N) is 4. The van der Waals surface area contributed by atoms with Crippen molar-refractivity contribution < 1.29 is 18.0 Å². The van der Waals surface area contributed by atoms with Gasteiger partial charge in [-0.05, 0) is 69.7 Å². The molecule has 8 heteroatoms. The van der Waals surface area contributed by atoms with Gasteiger partial charge in [-0.2, -0.15) is 5.10 Å². The predicted molar refractivity (Wildman–Crippen MR) is 120 cm³/mol. The number of halogens is 3. The Balaban J connectivity index is 1.40. The summed E-state index contributed by atoms with van der Waals surface area (Å²) in [5.74, 6) is -3.46. The molecular formula is C26H25F3N4O. The van der Waals surface area contributed by atoms with Crippen molar-refractivity contribution in [2.24, 2.45) is 7.05 Å². The van der Waals surface area contributed by atoms with Crippen LogP contribution in [0.2, 0.25) is 0 Å². The van der Waals surface area contributed by atoms with Crippen LogP contribution in [0.1, 0.15) is 77.1 Å². The molecule has 2 bridgehead atoms. The third kappa shape index (κ3) is 3.26. The number of carbonyl (C=O) groups is 1.